The Bertz CT molecular complexity index is 1620. The number of hydrogen-bond donors (Lipinski definition) is 11. The standard InChI is InChI=1S/C37H63N11O16/c1-22(49)44(60)16-6-11-27-33(55)38-21-32(54)39-28(12-7-17-45(61)23(2)50)34(56)41-30(14-9-19-47(63)25(4)52)36(58)43-31(15-10-20-48(64)26(5)53)37(59)42-29(35(57)40-27)13-8-18-46(62)24(3)51/h27-31,60-64H,6-21H2,1-5H3,(H,38,55)(H,39,54)(H,40,57)(H,41,56)(H,42,59)(H,43,58). The number of nitrogens with zero attached hydrogens (tertiary/aromatic N) is 5. The Morgan fingerprint density at radius 2 is 0.594 bits per heavy atom. The maximum absolute atomic E-state index is 14.1. The van der Waals surface area contributed by atoms with Gasteiger partial charge in [-0.15, -0.1) is 0 Å². The lowest BCUT2D eigenvalue weighted by atomic mass is 10.0. The van der Waals surface area contributed by atoms with Gasteiger partial charge in [-0.1, -0.05) is 0 Å². The zero-order chi connectivity index (χ0) is 48.7. The van der Waals surface area contributed by atoms with E-state index >= 15 is 0 Å². The van der Waals surface area contributed by atoms with E-state index in [1.165, 1.54) is 0 Å². The molecule has 27 nitrogen and oxygen atoms in total. The van der Waals surface area contributed by atoms with E-state index in [0.29, 0.717) is 25.3 Å². The monoisotopic (exact) mass is 917 g/mol. The first kappa shape index (κ1) is 56.0. The van der Waals surface area contributed by atoms with Crippen LogP contribution < -0.4 is 31.9 Å². The third-order valence-electron chi connectivity index (χ3n) is 9.74. The van der Waals surface area contributed by atoms with E-state index in [1.54, 1.807) is 0 Å². The van der Waals surface area contributed by atoms with Gasteiger partial charge in [0.2, 0.25) is 65.0 Å². The highest BCUT2D eigenvalue weighted by Crippen LogP contribution is 2.10. The molecule has 27 heteroatoms. The molecule has 362 valence electrons. The number of carbonyl (C=O) groups excluding carboxylic acids is 11. The van der Waals surface area contributed by atoms with Crippen molar-refractivity contribution in [1.29, 1.82) is 0 Å². The second-order valence-electron chi connectivity index (χ2n) is 15.0. The minimum Gasteiger partial charge on any atom is -0.345 e. The molecular weight excluding hydrogens is 854 g/mol. The van der Waals surface area contributed by atoms with Crippen LogP contribution in [0.2, 0.25) is 0 Å². The van der Waals surface area contributed by atoms with Crippen molar-refractivity contribution in [1.82, 2.24) is 57.2 Å². The molecule has 1 fully saturated rings. The third kappa shape index (κ3) is 21.4. The minimum atomic E-state index is -1.57. The zero-order valence-corrected chi connectivity index (χ0v) is 36.7. The lowest BCUT2D eigenvalue weighted by molar-refractivity contribution is -0.163. The maximum Gasteiger partial charge on any atom is 0.243 e. The SMILES string of the molecule is CC(=O)N(O)CCCC1NC(=O)CNC(=O)C(CCCN(O)C(C)=O)NC(=O)C(CCCN(O)C(C)=O)NC(=O)C(CCCN(O)C(C)=O)NC(=O)C(CCCN(O)C(C)=O)NC1=O. The Balaban J connectivity index is 3.82. The van der Waals surface area contributed by atoms with Crippen LogP contribution in [-0.4, -0.2) is 186 Å². The summed E-state index contributed by atoms with van der Waals surface area (Å²) in [7, 11) is 0. The zero-order valence-electron chi connectivity index (χ0n) is 36.7. The largest absolute Gasteiger partial charge is 0.345 e. The Kier molecular flexibility index (Phi) is 25.0. The second kappa shape index (κ2) is 28.6. The van der Waals surface area contributed by atoms with E-state index < -0.39 is 102 Å². The Labute approximate surface area is 368 Å². The molecule has 1 aliphatic rings. The molecule has 0 bridgehead atoms. The lowest BCUT2D eigenvalue weighted by Gasteiger charge is -2.28. The van der Waals surface area contributed by atoms with Crippen LogP contribution >= 0.6 is 0 Å². The first-order valence-electron chi connectivity index (χ1n) is 20.6. The van der Waals surface area contributed by atoms with E-state index in [0.717, 1.165) is 34.6 Å². The molecule has 0 spiro atoms. The predicted octanol–water partition coefficient (Wildman–Crippen LogP) is -3.37. The molecule has 5 atom stereocenters. The molecule has 11 N–H and O–H groups in total. The fourth-order valence-corrected chi connectivity index (χ4v) is 5.98. The van der Waals surface area contributed by atoms with Crippen molar-refractivity contribution >= 4 is 65.0 Å². The molecular formula is C37H63N11O16. The summed E-state index contributed by atoms with van der Waals surface area (Å²) in [6.07, 6.45) is -1.86. The summed E-state index contributed by atoms with van der Waals surface area (Å²) >= 11 is 0. The highest BCUT2D eigenvalue weighted by molar-refractivity contribution is 5.97. The Morgan fingerprint density at radius 3 is 0.812 bits per heavy atom. The van der Waals surface area contributed by atoms with Gasteiger partial charge in [-0.2, -0.15) is 0 Å². The number of hydrogen-bond acceptors (Lipinski definition) is 16. The van der Waals surface area contributed by atoms with Crippen LogP contribution in [0.25, 0.3) is 0 Å². The van der Waals surface area contributed by atoms with Gasteiger partial charge < -0.3 is 31.9 Å². The topological polar surface area (TPSA) is 377 Å². The van der Waals surface area contributed by atoms with Crippen LogP contribution in [0, 0.1) is 0 Å². The van der Waals surface area contributed by atoms with Gasteiger partial charge in [0.1, 0.15) is 30.2 Å². The van der Waals surface area contributed by atoms with Gasteiger partial charge in [-0.05, 0) is 64.2 Å². The Hall–Kier alpha value is -6.03. The van der Waals surface area contributed by atoms with E-state index in [1.807, 2.05) is 0 Å². The molecule has 1 heterocycles. The van der Waals surface area contributed by atoms with Gasteiger partial charge in [-0.25, -0.2) is 25.3 Å². The maximum atomic E-state index is 14.1. The Morgan fingerprint density at radius 1 is 0.391 bits per heavy atom. The molecule has 0 aliphatic carbocycles. The first-order valence-corrected chi connectivity index (χ1v) is 20.6. The number of amides is 11. The van der Waals surface area contributed by atoms with Crippen molar-refractivity contribution in [2.24, 2.45) is 0 Å². The molecule has 0 aromatic rings. The number of hydroxylamine groups is 10. The highest BCUT2D eigenvalue weighted by atomic mass is 16.5. The molecule has 0 aromatic carbocycles. The molecule has 0 radical (unpaired) electrons. The lowest BCUT2D eigenvalue weighted by Crippen LogP contribution is -2.60. The highest BCUT2D eigenvalue weighted by Gasteiger charge is 2.33. The van der Waals surface area contributed by atoms with Crippen molar-refractivity contribution in [3.05, 3.63) is 0 Å². The fraction of sp³-hybridized carbons (Fsp3) is 0.703. The summed E-state index contributed by atoms with van der Waals surface area (Å²) in [5, 5.41) is 66.1. The summed E-state index contributed by atoms with van der Waals surface area (Å²) in [6, 6.07) is -7.62. The molecule has 64 heavy (non-hydrogen) atoms. The average molecular weight is 918 g/mol. The molecule has 1 saturated heterocycles. The van der Waals surface area contributed by atoms with Crippen LogP contribution in [0.15, 0.2) is 0 Å². The number of carbonyl (C=O) groups is 11. The second-order valence-corrected chi connectivity index (χ2v) is 15.0. The molecule has 5 unspecified atom stereocenters. The summed E-state index contributed by atoms with van der Waals surface area (Å²) in [5.41, 5.74) is 0. The fourth-order valence-electron chi connectivity index (χ4n) is 5.98. The first-order chi connectivity index (χ1) is 29.9. The van der Waals surface area contributed by atoms with Crippen molar-refractivity contribution in [3.8, 4) is 0 Å². The van der Waals surface area contributed by atoms with Crippen molar-refractivity contribution in [3.63, 3.8) is 0 Å². The van der Waals surface area contributed by atoms with Gasteiger partial charge in [-0.3, -0.25) is 78.8 Å². The average Bonchev–Trinajstić information content (AvgIpc) is 3.22. The van der Waals surface area contributed by atoms with Gasteiger partial charge in [0.05, 0.1) is 6.54 Å². The minimum absolute atomic E-state index is 0.0807. The van der Waals surface area contributed by atoms with Gasteiger partial charge in [0, 0.05) is 67.3 Å². The third-order valence-corrected chi connectivity index (χ3v) is 9.74. The van der Waals surface area contributed by atoms with Crippen molar-refractivity contribution in [2.45, 2.75) is 129 Å². The molecule has 0 saturated carbocycles. The molecule has 11 amide bonds. The molecule has 0 aromatic heterocycles. The summed E-state index contributed by atoms with van der Waals surface area (Å²) in [6.45, 7) is 3.05. The normalized spacial score (nSPS) is 20.1. The number of rotatable bonds is 20. The van der Waals surface area contributed by atoms with Crippen molar-refractivity contribution in [2.75, 3.05) is 39.3 Å². The van der Waals surface area contributed by atoms with Gasteiger partial charge in [0.15, 0.2) is 0 Å². The van der Waals surface area contributed by atoms with Gasteiger partial charge >= 0.3 is 0 Å². The van der Waals surface area contributed by atoms with Crippen LogP contribution in [0.1, 0.15) is 98.8 Å². The molecule has 1 aliphatic heterocycles. The summed E-state index contributed by atoms with van der Waals surface area (Å²) in [5.74, 6) is -9.56. The quantitative estimate of drug-likeness (QED) is 0.0419. The van der Waals surface area contributed by atoms with Gasteiger partial charge in [0.25, 0.3) is 0 Å². The smallest absolute Gasteiger partial charge is 0.243 e. The summed E-state index contributed by atoms with van der Waals surface area (Å²) in [4.78, 5) is 141. The molecule has 1 rings (SSSR count). The van der Waals surface area contributed by atoms with Crippen LogP contribution in [-0.2, 0) is 52.7 Å². The van der Waals surface area contributed by atoms with E-state index in [-0.39, 0.29) is 96.9 Å². The van der Waals surface area contributed by atoms with E-state index in [2.05, 4.69) is 31.9 Å². The number of nitrogens with one attached hydrogen (secondary N) is 6. The summed E-state index contributed by atoms with van der Waals surface area (Å²) < 4.78 is 0. The van der Waals surface area contributed by atoms with Crippen LogP contribution in [0.4, 0.5) is 0 Å². The van der Waals surface area contributed by atoms with E-state index in [9.17, 15) is 78.8 Å². The predicted molar refractivity (Wildman–Crippen MR) is 215 cm³/mol. The van der Waals surface area contributed by atoms with Crippen LogP contribution in [0.3, 0.4) is 0 Å². The van der Waals surface area contributed by atoms with E-state index in [4.69, 9.17) is 0 Å². The van der Waals surface area contributed by atoms with Crippen molar-refractivity contribution < 1.29 is 78.8 Å². The van der Waals surface area contributed by atoms with Crippen LogP contribution in [0.5, 0.6) is 0 Å².